The molecule has 0 aliphatic carbocycles. The van der Waals surface area contributed by atoms with E-state index in [9.17, 15) is 4.79 Å². The van der Waals surface area contributed by atoms with Gasteiger partial charge in [0.2, 0.25) is 0 Å². The van der Waals surface area contributed by atoms with Gasteiger partial charge in [0.25, 0.3) is 0 Å². The lowest BCUT2D eigenvalue weighted by atomic mass is 9.98. The molecule has 0 rings (SSSR count). The molecule has 86 valence electrons. The normalized spacial score (nSPS) is 11.6. The molecule has 0 heterocycles. The van der Waals surface area contributed by atoms with Crippen molar-refractivity contribution in [2.75, 3.05) is 6.61 Å². The van der Waals surface area contributed by atoms with Crippen LogP contribution in [0.5, 0.6) is 0 Å². The van der Waals surface area contributed by atoms with Gasteiger partial charge in [-0.3, -0.25) is 4.79 Å². The first kappa shape index (κ1) is 15.8. The van der Waals surface area contributed by atoms with Gasteiger partial charge in [0.1, 0.15) is 0 Å². The van der Waals surface area contributed by atoms with Crippen LogP contribution in [0.15, 0.2) is 0 Å². The van der Waals surface area contributed by atoms with Crippen molar-refractivity contribution in [2.24, 2.45) is 5.41 Å². The maximum Gasteiger partial charge on any atom is 0.308 e. The van der Waals surface area contributed by atoms with Crippen molar-refractivity contribution in [1.82, 2.24) is 0 Å². The third kappa shape index (κ3) is 13.9. The third-order valence-corrected chi connectivity index (χ3v) is 1.37. The molecule has 0 fully saturated rings. The van der Waals surface area contributed by atoms with Gasteiger partial charge in [-0.1, -0.05) is 0 Å². The zero-order valence-corrected chi connectivity index (χ0v) is 9.66. The van der Waals surface area contributed by atoms with Gasteiger partial charge in [0.05, 0.1) is 11.0 Å². The Hall–Kier alpha value is -0.610. The number of aliphatic hydroxyl groups is 2. The Morgan fingerprint density at radius 1 is 1.14 bits per heavy atom. The molecule has 0 bridgehead atoms. The molecule has 0 aliphatic rings. The molecule has 0 aromatic rings. The lowest BCUT2D eigenvalue weighted by Gasteiger charge is -2.13. The maximum absolute atomic E-state index is 10.0. The summed E-state index contributed by atoms with van der Waals surface area (Å²) < 4.78 is 0. The van der Waals surface area contributed by atoms with Crippen LogP contribution in [-0.2, 0) is 4.79 Å². The van der Waals surface area contributed by atoms with E-state index in [0.29, 0.717) is 6.42 Å². The van der Waals surface area contributed by atoms with E-state index >= 15 is 0 Å². The summed E-state index contributed by atoms with van der Waals surface area (Å²) in [6.45, 7) is 8.38. The van der Waals surface area contributed by atoms with E-state index in [4.69, 9.17) is 15.3 Å². The largest absolute Gasteiger partial charge is 0.481 e. The van der Waals surface area contributed by atoms with Crippen molar-refractivity contribution in [3.05, 3.63) is 0 Å². The molecule has 0 atom stereocenters. The molecule has 14 heavy (non-hydrogen) atoms. The van der Waals surface area contributed by atoms with E-state index < -0.39 is 17.0 Å². The molecule has 0 saturated heterocycles. The van der Waals surface area contributed by atoms with Crippen LogP contribution in [-0.4, -0.2) is 33.5 Å². The highest BCUT2D eigenvalue weighted by Gasteiger charge is 2.18. The summed E-state index contributed by atoms with van der Waals surface area (Å²) in [5.41, 5.74) is -1.28. The second-order valence-corrected chi connectivity index (χ2v) is 4.84. The number of rotatable bonds is 2. The Labute approximate surface area is 85.6 Å². The fourth-order valence-electron chi connectivity index (χ4n) is 0.274. The van der Waals surface area contributed by atoms with Gasteiger partial charge < -0.3 is 15.3 Å². The molecule has 0 spiro atoms. The Morgan fingerprint density at radius 3 is 1.43 bits per heavy atom. The summed E-state index contributed by atoms with van der Waals surface area (Å²) in [4.78, 5) is 10.0. The van der Waals surface area contributed by atoms with Gasteiger partial charge in [0.15, 0.2) is 0 Å². The highest BCUT2D eigenvalue weighted by molar-refractivity contribution is 5.72. The maximum atomic E-state index is 10.0. The molecule has 3 N–H and O–H groups in total. The minimum atomic E-state index is -0.757. The van der Waals surface area contributed by atoms with Gasteiger partial charge in [-0.15, -0.1) is 0 Å². The molecule has 0 saturated carbocycles. The second kappa shape index (κ2) is 5.98. The monoisotopic (exact) mass is 206 g/mol. The van der Waals surface area contributed by atoms with Crippen molar-refractivity contribution in [1.29, 1.82) is 0 Å². The predicted molar refractivity (Wildman–Crippen MR) is 55.1 cm³/mol. The Morgan fingerprint density at radius 2 is 1.43 bits per heavy atom. The van der Waals surface area contributed by atoms with Gasteiger partial charge in [-0.2, -0.15) is 0 Å². The Bertz CT molecular complexity index is 162. The van der Waals surface area contributed by atoms with Crippen LogP contribution in [0.1, 0.15) is 41.0 Å². The smallest absolute Gasteiger partial charge is 0.308 e. The minimum Gasteiger partial charge on any atom is -0.481 e. The zero-order valence-electron chi connectivity index (χ0n) is 9.66. The lowest BCUT2D eigenvalue weighted by Crippen LogP contribution is -2.19. The van der Waals surface area contributed by atoms with E-state index in [1.807, 2.05) is 0 Å². The number of hydrogen-bond donors (Lipinski definition) is 3. The van der Waals surface area contributed by atoms with Crippen molar-refractivity contribution in [3.63, 3.8) is 0 Å². The second-order valence-electron chi connectivity index (χ2n) is 4.84. The first-order valence-electron chi connectivity index (χ1n) is 4.57. The summed E-state index contributed by atoms with van der Waals surface area (Å²) in [7, 11) is 0. The summed E-state index contributed by atoms with van der Waals surface area (Å²) in [5, 5.41) is 25.3. The lowest BCUT2D eigenvalue weighted by molar-refractivity contribution is -0.145. The minimum absolute atomic E-state index is 0.0590. The van der Waals surface area contributed by atoms with Gasteiger partial charge in [-0.25, -0.2) is 0 Å². The summed E-state index contributed by atoms with van der Waals surface area (Å²) in [5.74, 6) is -0.757. The Balaban J connectivity index is 0. The molecule has 0 aromatic heterocycles. The van der Waals surface area contributed by atoms with Crippen LogP contribution in [0.2, 0.25) is 0 Å². The number of carbonyl (C=O) groups is 1. The van der Waals surface area contributed by atoms with Crippen molar-refractivity contribution in [3.8, 4) is 0 Å². The highest BCUT2D eigenvalue weighted by Crippen LogP contribution is 2.11. The van der Waals surface area contributed by atoms with Crippen molar-refractivity contribution < 1.29 is 20.1 Å². The van der Waals surface area contributed by atoms with Gasteiger partial charge in [-0.05, 0) is 41.0 Å². The van der Waals surface area contributed by atoms with Crippen LogP contribution < -0.4 is 0 Å². The van der Waals surface area contributed by atoms with E-state index in [1.54, 1.807) is 34.6 Å². The average molecular weight is 206 g/mol. The van der Waals surface area contributed by atoms with Crippen molar-refractivity contribution in [2.45, 2.75) is 46.6 Å². The first-order chi connectivity index (χ1) is 6.00. The van der Waals surface area contributed by atoms with Crippen LogP contribution in [0.25, 0.3) is 0 Å². The van der Waals surface area contributed by atoms with E-state index in [2.05, 4.69) is 0 Å². The molecular weight excluding hydrogens is 184 g/mol. The van der Waals surface area contributed by atoms with Crippen LogP contribution >= 0.6 is 0 Å². The van der Waals surface area contributed by atoms with Crippen LogP contribution in [0.3, 0.4) is 0 Å². The fourth-order valence-corrected chi connectivity index (χ4v) is 0.274. The SMILES string of the molecule is CC(C)(C)C(=O)O.CC(C)(O)CCO. The quantitative estimate of drug-likeness (QED) is 0.635. The number of carboxylic acid groups (broad SMARTS) is 1. The van der Waals surface area contributed by atoms with Gasteiger partial charge in [0, 0.05) is 6.61 Å². The molecule has 0 aromatic carbocycles. The summed E-state index contributed by atoms with van der Waals surface area (Å²) in [6, 6.07) is 0. The van der Waals surface area contributed by atoms with Gasteiger partial charge >= 0.3 is 5.97 Å². The van der Waals surface area contributed by atoms with E-state index in [-0.39, 0.29) is 6.61 Å². The molecule has 0 aliphatic heterocycles. The predicted octanol–water partition coefficient (Wildman–Crippen LogP) is 1.26. The summed E-state index contributed by atoms with van der Waals surface area (Å²) >= 11 is 0. The molecule has 4 nitrogen and oxygen atoms in total. The van der Waals surface area contributed by atoms with Crippen LogP contribution in [0.4, 0.5) is 0 Å². The highest BCUT2D eigenvalue weighted by atomic mass is 16.4. The molecule has 4 heteroatoms. The van der Waals surface area contributed by atoms with E-state index in [0.717, 1.165) is 0 Å². The van der Waals surface area contributed by atoms with Crippen molar-refractivity contribution >= 4 is 5.97 Å². The summed E-state index contributed by atoms with van der Waals surface area (Å²) in [6.07, 6.45) is 0.451. The van der Waals surface area contributed by atoms with E-state index in [1.165, 1.54) is 0 Å². The van der Waals surface area contributed by atoms with Crippen LogP contribution in [0, 0.1) is 5.41 Å². The molecule has 0 amide bonds. The fraction of sp³-hybridized carbons (Fsp3) is 0.900. The molecular formula is C10H22O4. The number of carboxylic acids is 1. The molecule has 0 unspecified atom stereocenters. The number of aliphatic hydroxyl groups excluding tert-OH is 1. The topological polar surface area (TPSA) is 77.8 Å². The number of aliphatic carboxylic acids is 1. The zero-order chi connectivity index (χ0) is 12.0. The first-order valence-corrected chi connectivity index (χ1v) is 4.57. The third-order valence-electron chi connectivity index (χ3n) is 1.37. The average Bonchev–Trinajstić information content (AvgIpc) is 1.82. The number of hydrogen-bond acceptors (Lipinski definition) is 3. The molecule has 0 radical (unpaired) electrons. The Kier molecular flexibility index (Phi) is 6.77. The standard InChI is InChI=1S/C5H10O2.C5H12O2/c1-5(2,3)4(6)7;1-5(2,7)3-4-6/h1-3H3,(H,6,7);6-7H,3-4H2,1-2H3.